The number of hydrogen-bond acceptors (Lipinski definition) is 3. The van der Waals surface area contributed by atoms with Crippen LogP contribution in [0.1, 0.15) is 0 Å². The number of rotatable bonds is 2. The first-order valence-corrected chi connectivity index (χ1v) is 5.42. The van der Waals surface area contributed by atoms with Gasteiger partial charge >= 0.3 is 0 Å². The summed E-state index contributed by atoms with van der Waals surface area (Å²) in [5.41, 5.74) is 1.31. The SMILES string of the molecule is COc1ccn2nc(-c3cccc(F)c3)nc2c1. The quantitative estimate of drug-likeness (QED) is 0.694. The number of ether oxygens (including phenoxy) is 1. The number of halogens is 1. The molecule has 0 aliphatic rings. The van der Waals surface area contributed by atoms with E-state index in [9.17, 15) is 4.39 Å². The van der Waals surface area contributed by atoms with Crippen molar-refractivity contribution in [1.82, 2.24) is 14.6 Å². The highest BCUT2D eigenvalue weighted by atomic mass is 19.1. The van der Waals surface area contributed by atoms with Crippen LogP contribution in [0.2, 0.25) is 0 Å². The predicted molar refractivity (Wildman–Crippen MR) is 64.9 cm³/mol. The molecule has 0 bridgehead atoms. The fourth-order valence-electron chi connectivity index (χ4n) is 1.74. The Balaban J connectivity index is 2.13. The van der Waals surface area contributed by atoms with E-state index in [0.717, 1.165) is 0 Å². The van der Waals surface area contributed by atoms with E-state index >= 15 is 0 Å². The van der Waals surface area contributed by atoms with Crippen LogP contribution in [0.3, 0.4) is 0 Å². The molecule has 0 saturated heterocycles. The van der Waals surface area contributed by atoms with E-state index in [-0.39, 0.29) is 5.82 Å². The Labute approximate surface area is 103 Å². The maximum atomic E-state index is 13.1. The van der Waals surface area contributed by atoms with Crippen LogP contribution < -0.4 is 4.74 Å². The van der Waals surface area contributed by atoms with Crippen molar-refractivity contribution in [2.45, 2.75) is 0 Å². The first-order valence-electron chi connectivity index (χ1n) is 5.42. The standard InChI is InChI=1S/C13H10FN3O/c1-18-11-5-6-17-12(8-11)15-13(16-17)9-3-2-4-10(14)7-9/h2-8H,1H3. The lowest BCUT2D eigenvalue weighted by molar-refractivity contribution is 0.414. The number of pyridine rings is 1. The molecule has 4 nitrogen and oxygen atoms in total. The van der Waals surface area contributed by atoms with Crippen LogP contribution in [0, 0.1) is 5.82 Å². The highest BCUT2D eigenvalue weighted by molar-refractivity contribution is 5.58. The summed E-state index contributed by atoms with van der Waals surface area (Å²) in [6.45, 7) is 0. The molecule has 0 unspecified atom stereocenters. The van der Waals surface area contributed by atoms with E-state index < -0.39 is 0 Å². The summed E-state index contributed by atoms with van der Waals surface area (Å²) in [6.07, 6.45) is 1.75. The van der Waals surface area contributed by atoms with Crippen LogP contribution >= 0.6 is 0 Å². The zero-order valence-corrected chi connectivity index (χ0v) is 9.67. The molecule has 2 heterocycles. The van der Waals surface area contributed by atoms with Crippen molar-refractivity contribution in [2.75, 3.05) is 7.11 Å². The molecule has 3 aromatic rings. The van der Waals surface area contributed by atoms with Crippen molar-refractivity contribution in [1.29, 1.82) is 0 Å². The van der Waals surface area contributed by atoms with Crippen LogP contribution in [-0.2, 0) is 0 Å². The number of benzene rings is 1. The summed E-state index contributed by atoms with van der Waals surface area (Å²) in [5.74, 6) is 0.896. The zero-order valence-electron chi connectivity index (χ0n) is 9.67. The molecule has 0 atom stereocenters. The molecule has 1 aromatic carbocycles. The summed E-state index contributed by atoms with van der Waals surface area (Å²) in [5, 5.41) is 4.28. The van der Waals surface area contributed by atoms with Gasteiger partial charge in [-0.3, -0.25) is 0 Å². The van der Waals surface area contributed by atoms with Gasteiger partial charge in [0.25, 0.3) is 0 Å². The van der Waals surface area contributed by atoms with E-state index in [1.807, 2.05) is 0 Å². The van der Waals surface area contributed by atoms with Gasteiger partial charge < -0.3 is 4.74 Å². The molecule has 0 amide bonds. The lowest BCUT2D eigenvalue weighted by Crippen LogP contribution is -1.88. The molecular formula is C13H10FN3O. The van der Waals surface area contributed by atoms with Crippen LogP contribution in [0.4, 0.5) is 4.39 Å². The highest BCUT2D eigenvalue weighted by Crippen LogP contribution is 2.19. The Morgan fingerprint density at radius 3 is 2.89 bits per heavy atom. The molecular weight excluding hydrogens is 233 g/mol. The van der Waals surface area contributed by atoms with Crippen molar-refractivity contribution in [3.05, 3.63) is 48.4 Å². The monoisotopic (exact) mass is 243 g/mol. The van der Waals surface area contributed by atoms with Gasteiger partial charge in [-0.2, -0.15) is 0 Å². The zero-order chi connectivity index (χ0) is 12.5. The van der Waals surface area contributed by atoms with Gasteiger partial charge in [0.05, 0.1) is 7.11 Å². The first kappa shape index (κ1) is 10.7. The van der Waals surface area contributed by atoms with Gasteiger partial charge in [0.1, 0.15) is 11.6 Å². The number of methoxy groups -OCH3 is 1. The second-order valence-corrected chi connectivity index (χ2v) is 3.82. The molecule has 2 aromatic heterocycles. The van der Waals surface area contributed by atoms with Gasteiger partial charge in [-0.25, -0.2) is 13.9 Å². The molecule has 5 heteroatoms. The Bertz CT molecular complexity index is 708. The topological polar surface area (TPSA) is 39.4 Å². The largest absolute Gasteiger partial charge is 0.497 e. The molecule has 0 aliphatic carbocycles. The molecule has 0 spiro atoms. The van der Waals surface area contributed by atoms with E-state index in [1.165, 1.54) is 12.1 Å². The van der Waals surface area contributed by atoms with Gasteiger partial charge in [0, 0.05) is 17.8 Å². The molecule has 3 rings (SSSR count). The van der Waals surface area contributed by atoms with Gasteiger partial charge in [0.2, 0.25) is 0 Å². The van der Waals surface area contributed by atoms with E-state index in [4.69, 9.17) is 4.74 Å². The van der Waals surface area contributed by atoms with E-state index in [0.29, 0.717) is 22.8 Å². The fraction of sp³-hybridized carbons (Fsp3) is 0.0769. The number of aromatic nitrogens is 3. The second-order valence-electron chi connectivity index (χ2n) is 3.82. The average molecular weight is 243 g/mol. The van der Waals surface area contributed by atoms with Crippen LogP contribution in [0.15, 0.2) is 42.6 Å². The second kappa shape index (κ2) is 4.10. The Morgan fingerprint density at radius 2 is 2.11 bits per heavy atom. The number of nitrogens with zero attached hydrogens (tertiary/aromatic N) is 3. The Morgan fingerprint density at radius 1 is 1.22 bits per heavy atom. The smallest absolute Gasteiger partial charge is 0.182 e. The van der Waals surface area contributed by atoms with Crippen molar-refractivity contribution >= 4 is 5.65 Å². The summed E-state index contributed by atoms with van der Waals surface area (Å²) < 4.78 is 19.9. The Hall–Kier alpha value is -2.43. The van der Waals surface area contributed by atoms with Crippen molar-refractivity contribution in [3.8, 4) is 17.1 Å². The van der Waals surface area contributed by atoms with E-state index in [1.54, 1.807) is 42.1 Å². The van der Waals surface area contributed by atoms with Crippen LogP contribution in [0.5, 0.6) is 5.75 Å². The van der Waals surface area contributed by atoms with Gasteiger partial charge in [-0.15, -0.1) is 5.10 Å². The molecule has 0 aliphatic heterocycles. The van der Waals surface area contributed by atoms with Crippen LogP contribution in [0.25, 0.3) is 17.0 Å². The summed E-state index contributed by atoms with van der Waals surface area (Å²) in [6, 6.07) is 9.77. The van der Waals surface area contributed by atoms with E-state index in [2.05, 4.69) is 10.1 Å². The van der Waals surface area contributed by atoms with Crippen molar-refractivity contribution in [3.63, 3.8) is 0 Å². The lowest BCUT2D eigenvalue weighted by atomic mass is 10.2. The summed E-state index contributed by atoms with van der Waals surface area (Å²) in [4.78, 5) is 4.34. The summed E-state index contributed by atoms with van der Waals surface area (Å²) in [7, 11) is 1.59. The van der Waals surface area contributed by atoms with Crippen molar-refractivity contribution < 1.29 is 9.13 Å². The molecule has 0 saturated carbocycles. The molecule has 90 valence electrons. The van der Waals surface area contributed by atoms with Gasteiger partial charge in [-0.05, 0) is 18.2 Å². The third kappa shape index (κ3) is 1.79. The maximum absolute atomic E-state index is 13.1. The minimum atomic E-state index is -0.302. The Kier molecular flexibility index (Phi) is 2.44. The summed E-state index contributed by atoms with van der Waals surface area (Å²) >= 11 is 0. The normalized spacial score (nSPS) is 10.8. The average Bonchev–Trinajstić information content (AvgIpc) is 2.81. The third-order valence-electron chi connectivity index (χ3n) is 2.63. The molecule has 18 heavy (non-hydrogen) atoms. The molecule has 0 fully saturated rings. The number of hydrogen-bond donors (Lipinski definition) is 0. The van der Waals surface area contributed by atoms with Crippen molar-refractivity contribution in [2.24, 2.45) is 0 Å². The van der Waals surface area contributed by atoms with Gasteiger partial charge in [-0.1, -0.05) is 12.1 Å². The predicted octanol–water partition coefficient (Wildman–Crippen LogP) is 2.54. The van der Waals surface area contributed by atoms with Gasteiger partial charge in [0.15, 0.2) is 11.5 Å². The van der Waals surface area contributed by atoms with Crippen LogP contribution in [-0.4, -0.2) is 21.7 Å². The molecule has 0 radical (unpaired) electrons. The maximum Gasteiger partial charge on any atom is 0.182 e. The highest BCUT2D eigenvalue weighted by Gasteiger charge is 2.07. The fourth-order valence-corrected chi connectivity index (χ4v) is 1.74. The minimum absolute atomic E-state index is 0.302. The first-order chi connectivity index (χ1) is 8.76. The minimum Gasteiger partial charge on any atom is -0.497 e. The number of fused-ring (bicyclic) bond motifs is 1. The third-order valence-corrected chi connectivity index (χ3v) is 2.63. The molecule has 0 N–H and O–H groups in total. The lowest BCUT2D eigenvalue weighted by Gasteiger charge is -1.97.